The van der Waals surface area contributed by atoms with Crippen LogP contribution in [0.25, 0.3) is 0 Å². The Balaban J connectivity index is 2.37. The molecule has 1 unspecified atom stereocenters. The Labute approximate surface area is 95.5 Å². The molecular weight excluding hydrogens is 214 g/mol. The lowest BCUT2D eigenvalue weighted by Crippen LogP contribution is -2.35. The van der Waals surface area contributed by atoms with E-state index in [1.807, 2.05) is 27.0 Å². The van der Waals surface area contributed by atoms with Gasteiger partial charge in [-0.3, -0.25) is 0 Å². The molecule has 0 saturated carbocycles. The highest BCUT2D eigenvalue weighted by molar-refractivity contribution is 7.93. The van der Waals surface area contributed by atoms with E-state index >= 15 is 0 Å². The van der Waals surface area contributed by atoms with Crippen molar-refractivity contribution < 1.29 is 13.7 Å². The van der Waals surface area contributed by atoms with Crippen LogP contribution >= 0.6 is 12.0 Å². The van der Waals surface area contributed by atoms with Gasteiger partial charge in [0.25, 0.3) is 0 Å². The maximum absolute atomic E-state index is 11.7. The monoisotopic (exact) mass is 233 g/mol. The first kappa shape index (κ1) is 12.6. The van der Waals surface area contributed by atoms with E-state index in [1.54, 1.807) is 4.90 Å². The molecule has 1 aliphatic heterocycles. The van der Waals surface area contributed by atoms with Gasteiger partial charge in [0.2, 0.25) is 0 Å². The minimum absolute atomic E-state index is 0.146. The molecule has 1 amide bonds. The maximum atomic E-state index is 11.7. The lowest BCUT2D eigenvalue weighted by atomic mass is 10.2. The van der Waals surface area contributed by atoms with E-state index in [1.165, 1.54) is 12.0 Å². The third-order valence-electron chi connectivity index (χ3n) is 2.03. The first-order valence-corrected chi connectivity index (χ1v) is 6.25. The quantitative estimate of drug-likeness (QED) is 0.686. The lowest BCUT2D eigenvalue weighted by Gasteiger charge is -2.24. The second-order valence-electron chi connectivity index (χ2n) is 4.60. The van der Waals surface area contributed by atoms with Crippen molar-refractivity contribution in [3.8, 4) is 0 Å². The Morgan fingerprint density at radius 3 is 2.67 bits per heavy atom. The molecule has 0 aliphatic carbocycles. The molecule has 4 nitrogen and oxygen atoms in total. The van der Waals surface area contributed by atoms with Gasteiger partial charge in [0, 0.05) is 12.8 Å². The second-order valence-corrected chi connectivity index (χ2v) is 5.13. The third kappa shape index (κ3) is 4.30. The van der Waals surface area contributed by atoms with Gasteiger partial charge < -0.3 is 13.8 Å². The summed E-state index contributed by atoms with van der Waals surface area (Å²) in [5, 5.41) is 0. The molecule has 15 heavy (non-hydrogen) atoms. The highest BCUT2D eigenvalue weighted by Gasteiger charge is 2.30. The van der Waals surface area contributed by atoms with Crippen molar-refractivity contribution in [1.29, 1.82) is 0 Å². The molecule has 0 aromatic carbocycles. The molecule has 88 valence electrons. The minimum Gasteiger partial charge on any atom is -0.444 e. The van der Waals surface area contributed by atoms with E-state index in [4.69, 9.17) is 8.92 Å². The molecule has 1 fully saturated rings. The summed E-state index contributed by atoms with van der Waals surface area (Å²) < 4.78 is 10.7. The van der Waals surface area contributed by atoms with E-state index < -0.39 is 5.60 Å². The minimum atomic E-state index is -0.421. The molecule has 0 radical (unpaired) electrons. The van der Waals surface area contributed by atoms with Crippen LogP contribution in [-0.4, -0.2) is 42.0 Å². The van der Waals surface area contributed by atoms with Crippen molar-refractivity contribution >= 4 is 18.1 Å². The number of likely N-dealkylation sites (tertiary alicyclic amines) is 1. The number of rotatable bonds is 2. The zero-order valence-corrected chi connectivity index (χ0v) is 10.6. The molecule has 0 aromatic rings. The van der Waals surface area contributed by atoms with Crippen LogP contribution in [0.4, 0.5) is 4.79 Å². The van der Waals surface area contributed by atoms with Crippen molar-refractivity contribution in [2.45, 2.75) is 38.9 Å². The summed E-state index contributed by atoms with van der Waals surface area (Å²) >= 11 is 1.35. The van der Waals surface area contributed by atoms with Crippen LogP contribution in [-0.2, 0) is 8.92 Å². The number of ether oxygens (including phenoxy) is 1. The van der Waals surface area contributed by atoms with Crippen molar-refractivity contribution in [3.63, 3.8) is 0 Å². The standard InChI is InChI=1S/C10H19NO3S/c1-10(2,3)13-9(12)11-6-5-8(7-11)14-15-4/h8H,5-7H2,1-4H3. The second kappa shape index (κ2) is 5.07. The van der Waals surface area contributed by atoms with E-state index in [9.17, 15) is 4.79 Å². The van der Waals surface area contributed by atoms with E-state index in [-0.39, 0.29) is 12.2 Å². The fourth-order valence-electron chi connectivity index (χ4n) is 1.44. The average Bonchev–Trinajstić information content (AvgIpc) is 2.50. The van der Waals surface area contributed by atoms with Crippen LogP contribution in [0.2, 0.25) is 0 Å². The van der Waals surface area contributed by atoms with Gasteiger partial charge in [-0.1, -0.05) is 0 Å². The molecule has 0 aromatic heterocycles. The maximum Gasteiger partial charge on any atom is 0.410 e. The number of carbonyl (C=O) groups is 1. The number of hydrogen-bond acceptors (Lipinski definition) is 4. The first-order valence-electron chi connectivity index (χ1n) is 5.10. The SMILES string of the molecule is CSOC1CCN(C(=O)OC(C)(C)C)C1. The van der Waals surface area contributed by atoms with Crippen LogP contribution in [0, 0.1) is 0 Å². The zero-order valence-electron chi connectivity index (χ0n) is 9.78. The number of carbonyl (C=O) groups excluding carboxylic acids is 1. The van der Waals surface area contributed by atoms with Crippen molar-refractivity contribution in [2.24, 2.45) is 0 Å². The molecular formula is C10H19NO3S. The molecule has 1 heterocycles. The molecule has 0 bridgehead atoms. The fraction of sp³-hybridized carbons (Fsp3) is 0.900. The van der Waals surface area contributed by atoms with Gasteiger partial charge >= 0.3 is 6.09 Å². The fourth-order valence-corrected chi connectivity index (χ4v) is 1.86. The highest BCUT2D eigenvalue weighted by atomic mass is 32.2. The number of amides is 1. The van der Waals surface area contributed by atoms with Gasteiger partial charge in [-0.05, 0) is 39.2 Å². The Morgan fingerprint density at radius 2 is 2.13 bits per heavy atom. The topological polar surface area (TPSA) is 38.8 Å². The van der Waals surface area contributed by atoms with Gasteiger partial charge in [0.05, 0.1) is 12.6 Å². The summed E-state index contributed by atoms with van der Waals surface area (Å²) in [6.07, 6.45) is 2.68. The molecule has 1 aliphatic rings. The zero-order chi connectivity index (χ0) is 11.5. The van der Waals surface area contributed by atoms with Crippen LogP contribution < -0.4 is 0 Å². The highest BCUT2D eigenvalue weighted by Crippen LogP contribution is 2.19. The molecule has 1 rings (SSSR count). The lowest BCUT2D eigenvalue weighted by molar-refractivity contribution is 0.0279. The van der Waals surface area contributed by atoms with Gasteiger partial charge in [-0.2, -0.15) is 0 Å². The Bertz CT molecular complexity index is 227. The number of nitrogens with zero attached hydrogens (tertiary/aromatic N) is 1. The van der Waals surface area contributed by atoms with Crippen molar-refractivity contribution in [2.75, 3.05) is 19.3 Å². The summed E-state index contributed by atoms with van der Waals surface area (Å²) in [7, 11) is 0. The van der Waals surface area contributed by atoms with Crippen LogP contribution in [0.15, 0.2) is 0 Å². The van der Waals surface area contributed by atoms with Crippen LogP contribution in [0.1, 0.15) is 27.2 Å². The molecule has 0 N–H and O–H groups in total. The van der Waals surface area contributed by atoms with Crippen LogP contribution in [0.3, 0.4) is 0 Å². The molecule has 1 saturated heterocycles. The largest absolute Gasteiger partial charge is 0.444 e. The van der Waals surface area contributed by atoms with Crippen molar-refractivity contribution in [1.82, 2.24) is 4.90 Å². The summed E-state index contributed by atoms with van der Waals surface area (Å²) in [6.45, 7) is 6.97. The van der Waals surface area contributed by atoms with Crippen LogP contribution in [0.5, 0.6) is 0 Å². The Hall–Kier alpha value is -0.420. The molecule has 0 spiro atoms. The predicted molar refractivity (Wildman–Crippen MR) is 60.8 cm³/mol. The smallest absolute Gasteiger partial charge is 0.410 e. The Kier molecular flexibility index (Phi) is 4.28. The third-order valence-corrected chi connectivity index (χ3v) is 2.49. The van der Waals surface area contributed by atoms with E-state index in [0.29, 0.717) is 6.54 Å². The van der Waals surface area contributed by atoms with E-state index in [0.717, 1.165) is 13.0 Å². The van der Waals surface area contributed by atoms with Crippen molar-refractivity contribution in [3.05, 3.63) is 0 Å². The Morgan fingerprint density at radius 1 is 1.47 bits per heavy atom. The summed E-state index contributed by atoms with van der Waals surface area (Å²) in [5.74, 6) is 0. The number of hydrogen-bond donors (Lipinski definition) is 0. The molecule has 5 heteroatoms. The summed E-state index contributed by atoms with van der Waals surface area (Å²) in [4.78, 5) is 13.4. The van der Waals surface area contributed by atoms with Gasteiger partial charge in [0.1, 0.15) is 5.60 Å². The van der Waals surface area contributed by atoms with E-state index in [2.05, 4.69) is 0 Å². The summed E-state index contributed by atoms with van der Waals surface area (Å²) in [6, 6.07) is 0. The van der Waals surface area contributed by atoms with Gasteiger partial charge in [0.15, 0.2) is 0 Å². The predicted octanol–water partition coefficient (Wildman–Crippen LogP) is 2.29. The average molecular weight is 233 g/mol. The summed E-state index contributed by atoms with van der Waals surface area (Å²) in [5.41, 5.74) is -0.421. The first-order chi connectivity index (χ1) is 6.92. The normalized spacial score (nSPS) is 21.9. The van der Waals surface area contributed by atoms with Gasteiger partial charge in [-0.15, -0.1) is 0 Å². The van der Waals surface area contributed by atoms with Gasteiger partial charge in [-0.25, -0.2) is 4.79 Å². The molecule has 1 atom stereocenters.